The molecule has 1 unspecified atom stereocenters. The van der Waals surface area contributed by atoms with Crippen LogP contribution in [0.15, 0.2) is 60.7 Å². The third kappa shape index (κ3) is 8.42. The first kappa shape index (κ1) is 31.7. The number of aromatic nitrogens is 1. The number of aryl methyl sites for hydroxylation is 2. The summed E-state index contributed by atoms with van der Waals surface area (Å²) in [5.41, 5.74) is 5.34. The Labute approximate surface area is 256 Å². The summed E-state index contributed by atoms with van der Waals surface area (Å²) in [5.74, 6) is -0.216. The third-order valence-electron chi connectivity index (χ3n) is 8.19. The predicted octanol–water partition coefficient (Wildman–Crippen LogP) is 5.39. The molecule has 0 saturated carbocycles. The number of nitrogens with zero attached hydrogens (tertiary/aromatic N) is 4. The molecule has 1 aromatic heterocycles. The van der Waals surface area contributed by atoms with Gasteiger partial charge in [0, 0.05) is 54.6 Å². The smallest absolute Gasteiger partial charge is 0.251 e. The number of pyridine rings is 1. The lowest BCUT2D eigenvalue weighted by atomic mass is 9.98. The fourth-order valence-corrected chi connectivity index (χ4v) is 5.96. The molecule has 2 amide bonds. The lowest BCUT2D eigenvalue weighted by Gasteiger charge is -2.41. The number of hydrogen-bond acceptors (Lipinski definition) is 6. The summed E-state index contributed by atoms with van der Waals surface area (Å²) in [4.78, 5) is 35.0. The van der Waals surface area contributed by atoms with Crippen molar-refractivity contribution >= 4 is 17.5 Å². The molecule has 226 valence electrons. The number of nitrogens with one attached hydrogen (secondary N) is 2. The molecule has 0 bridgehead atoms. The second-order valence-corrected chi connectivity index (χ2v) is 11.9. The normalized spacial score (nSPS) is 14.6. The van der Waals surface area contributed by atoms with E-state index in [1.807, 2.05) is 45.9 Å². The highest BCUT2D eigenvalue weighted by Crippen LogP contribution is 2.27. The number of likely N-dealkylation sites (tertiary alicyclic amines) is 1. The zero-order valence-electron chi connectivity index (χ0n) is 26.1. The predicted molar refractivity (Wildman–Crippen MR) is 171 cm³/mol. The van der Waals surface area contributed by atoms with Crippen LogP contribution >= 0.6 is 0 Å². The quantitative estimate of drug-likeness (QED) is 0.316. The van der Waals surface area contributed by atoms with E-state index >= 15 is 0 Å². The summed E-state index contributed by atoms with van der Waals surface area (Å²) < 4.78 is 0. The van der Waals surface area contributed by atoms with Crippen LogP contribution in [-0.4, -0.2) is 59.5 Å². The van der Waals surface area contributed by atoms with Crippen molar-refractivity contribution in [1.82, 2.24) is 20.5 Å². The van der Waals surface area contributed by atoms with Crippen LogP contribution in [0.5, 0.6) is 0 Å². The number of hydrogen-bond donors (Lipinski definition) is 2. The fraction of sp³-hybridized carbons (Fsp3) is 0.429. The first-order chi connectivity index (χ1) is 20.7. The van der Waals surface area contributed by atoms with Gasteiger partial charge in [0.25, 0.3) is 11.8 Å². The standard InChI is InChI=1S/C35H44N6O2/c1-24(2)38-34(42)28-20-25(3)33(26(4)21-28)35(43)37-17-14-27(5)40-18-15-32(16-19-40)41(31-12-7-6-8-13-31)23-30-11-9-10-29(22-36)39-30/h6-13,20-21,24,27,32H,14-19,23H2,1-5H3,(H,37,43)(H,38,42). The van der Waals surface area contributed by atoms with E-state index in [4.69, 9.17) is 0 Å². The fourth-order valence-electron chi connectivity index (χ4n) is 5.96. The van der Waals surface area contributed by atoms with Gasteiger partial charge in [0.1, 0.15) is 11.8 Å². The van der Waals surface area contributed by atoms with Crippen molar-refractivity contribution in [2.75, 3.05) is 24.5 Å². The van der Waals surface area contributed by atoms with E-state index in [9.17, 15) is 14.9 Å². The van der Waals surface area contributed by atoms with Gasteiger partial charge in [-0.3, -0.25) is 9.59 Å². The Bertz CT molecular complexity index is 1420. The molecular formula is C35H44N6O2. The Morgan fingerprint density at radius 2 is 1.67 bits per heavy atom. The Balaban J connectivity index is 1.31. The zero-order chi connectivity index (χ0) is 30.9. The first-order valence-corrected chi connectivity index (χ1v) is 15.3. The van der Waals surface area contributed by atoms with Gasteiger partial charge < -0.3 is 20.4 Å². The monoisotopic (exact) mass is 580 g/mol. The average molecular weight is 581 g/mol. The maximum Gasteiger partial charge on any atom is 0.251 e. The van der Waals surface area contributed by atoms with Crippen molar-refractivity contribution in [3.05, 3.63) is 94.3 Å². The minimum absolute atomic E-state index is 0.0527. The van der Waals surface area contributed by atoms with Gasteiger partial charge in [-0.25, -0.2) is 4.98 Å². The summed E-state index contributed by atoms with van der Waals surface area (Å²) in [5, 5.41) is 15.3. The molecule has 2 heterocycles. The SMILES string of the molecule is Cc1cc(C(=O)NC(C)C)cc(C)c1C(=O)NCCC(C)N1CCC(N(Cc2cccc(C#N)n2)c2ccccc2)CC1. The van der Waals surface area contributed by atoms with Crippen LogP contribution in [0, 0.1) is 25.2 Å². The van der Waals surface area contributed by atoms with E-state index < -0.39 is 0 Å². The number of carbonyl (C=O) groups excluding carboxylic acids is 2. The average Bonchev–Trinajstić information content (AvgIpc) is 2.99. The van der Waals surface area contributed by atoms with Crippen molar-refractivity contribution in [3.63, 3.8) is 0 Å². The van der Waals surface area contributed by atoms with Gasteiger partial charge in [0.05, 0.1) is 12.2 Å². The van der Waals surface area contributed by atoms with Gasteiger partial charge in [-0.05, 0) is 101 Å². The van der Waals surface area contributed by atoms with E-state index in [1.54, 1.807) is 18.2 Å². The molecule has 8 heteroatoms. The van der Waals surface area contributed by atoms with Crippen molar-refractivity contribution in [3.8, 4) is 6.07 Å². The second-order valence-electron chi connectivity index (χ2n) is 11.9. The number of rotatable bonds is 11. The molecule has 2 N–H and O–H groups in total. The lowest BCUT2D eigenvalue weighted by molar-refractivity contribution is 0.0930. The number of carbonyl (C=O) groups is 2. The third-order valence-corrected chi connectivity index (χ3v) is 8.19. The summed E-state index contributed by atoms with van der Waals surface area (Å²) in [6, 6.07) is 22.6. The maximum absolute atomic E-state index is 13.1. The van der Waals surface area contributed by atoms with Crippen LogP contribution in [0.4, 0.5) is 5.69 Å². The number of piperidine rings is 1. The summed E-state index contributed by atoms with van der Waals surface area (Å²) in [7, 11) is 0. The van der Waals surface area contributed by atoms with Crippen LogP contribution < -0.4 is 15.5 Å². The van der Waals surface area contributed by atoms with Gasteiger partial charge in [-0.2, -0.15) is 5.26 Å². The van der Waals surface area contributed by atoms with Gasteiger partial charge in [-0.1, -0.05) is 24.3 Å². The van der Waals surface area contributed by atoms with Crippen LogP contribution in [0.1, 0.15) is 83.3 Å². The topological polar surface area (TPSA) is 101 Å². The Kier molecular flexibility index (Phi) is 10.9. The number of amides is 2. The van der Waals surface area contributed by atoms with E-state index in [1.165, 1.54) is 5.69 Å². The second kappa shape index (κ2) is 14.8. The van der Waals surface area contributed by atoms with Crippen LogP contribution in [0.2, 0.25) is 0 Å². The van der Waals surface area contributed by atoms with Crippen molar-refractivity contribution in [1.29, 1.82) is 5.26 Å². The highest BCUT2D eigenvalue weighted by Gasteiger charge is 2.27. The minimum Gasteiger partial charge on any atom is -0.363 e. The van der Waals surface area contributed by atoms with E-state index in [-0.39, 0.29) is 17.9 Å². The van der Waals surface area contributed by atoms with Gasteiger partial charge >= 0.3 is 0 Å². The molecule has 2 aromatic carbocycles. The Morgan fingerprint density at radius 3 is 2.30 bits per heavy atom. The lowest BCUT2D eigenvalue weighted by Crippen LogP contribution is -2.48. The molecule has 3 aromatic rings. The molecule has 1 aliphatic heterocycles. The number of benzene rings is 2. The Hall–Kier alpha value is -4.22. The number of para-hydroxylation sites is 1. The van der Waals surface area contributed by atoms with Crippen LogP contribution in [0.25, 0.3) is 0 Å². The van der Waals surface area contributed by atoms with Crippen molar-refractivity contribution in [2.24, 2.45) is 0 Å². The Morgan fingerprint density at radius 1 is 1.00 bits per heavy atom. The molecular weight excluding hydrogens is 536 g/mol. The molecule has 1 aliphatic rings. The van der Waals surface area contributed by atoms with E-state index in [0.29, 0.717) is 42.0 Å². The highest BCUT2D eigenvalue weighted by atomic mass is 16.2. The maximum atomic E-state index is 13.1. The van der Waals surface area contributed by atoms with Gasteiger partial charge in [0.2, 0.25) is 0 Å². The molecule has 1 saturated heterocycles. The molecule has 43 heavy (non-hydrogen) atoms. The van der Waals surface area contributed by atoms with Gasteiger partial charge in [0.15, 0.2) is 0 Å². The number of nitriles is 1. The number of anilines is 1. The summed E-state index contributed by atoms with van der Waals surface area (Å²) >= 11 is 0. The molecule has 0 aliphatic carbocycles. The highest BCUT2D eigenvalue weighted by molar-refractivity contribution is 6.00. The largest absolute Gasteiger partial charge is 0.363 e. The van der Waals surface area contributed by atoms with E-state index in [0.717, 1.165) is 49.2 Å². The molecule has 1 fully saturated rings. The molecule has 0 radical (unpaired) electrons. The van der Waals surface area contributed by atoms with Crippen molar-refractivity contribution in [2.45, 2.75) is 78.6 Å². The first-order valence-electron chi connectivity index (χ1n) is 15.3. The van der Waals surface area contributed by atoms with E-state index in [2.05, 4.69) is 62.7 Å². The molecule has 8 nitrogen and oxygen atoms in total. The van der Waals surface area contributed by atoms with Crippen LogP contribution in [0.3, 0.4) is 0 Å². The van der Waals surface area contributed by atoms with Crippen LogP contribution in [-0.2, 0) is 6.54 Å². The molecule has 4 rings (SSSR count). The minimum atomic E-state index is -0.123. The molecule has 0 spiro atoms. The summed E-state index contributed by atoms with van der Waals surface area (Å²) in [6.45, 7) is 13.1. The van der Waals surface area contributed by atoms with Crippen molar-refractivity contribution < 1.29 is 9.59 Å². The van der Waals surface area contributed by atoms with Gasteiger partial charge in [-0.15, -0.1) is 0 Å². The summed E-state index contributed by atoms with van der Waals surface area (Å²) in [6.07, 6.45) is 2.91. The molecule has 1 atom stereocenters. The zero-order valence-corrected chi connectivity index (χ0v) is 26.1.